The highest BCUT2D eigenvalue weighted by atomic mass is 19.4. The van der Waals surface area contributed by atoms with Gasteiger partial charge in [-0.05, 0) is 61.0 Å². The number of aryl methyl sites for hydroxylation is 1. The quantitative estimate of drug-likeness (QED) is 0.102. The number of para-hydroxylation sites is 1. The first-order valence-electron chi connectivity index (χ1n) is 15.0. The second-order valence-electron chi connectivity index (χ2n) is 11.2. The minimum Gasteiger partial charge on any atom is -0.418 e. The lowest BCUT2D eigenvalue weighted by Crippen LogP contribution is -2.29. The number of nitrogens with one attached hydrogen (secondary N) is 3. The number of carbonyl (C=O) groups is 2. The number of hydrogen-bond donors (Lipinski definition) is 5. The standard InChI is InChI=1S/C34H25F5N6O6/c1-16-5-7-18(41-31(49)17-6-9-25-22(11-17)26(13-40-25)51-32(50)34(37,38)39)12-21(16)28-20-8-10-27(48)45(29-23(35)3-2-4-24(29)36)30(20)44-33(43-28)42-19(14-46)15-47/h2-13,19,40,46-47H,14-15H2,1H3,(H,41,49)(H,42,43,44). The summed E-state index contributed by atoms with van der Waals surface area (Å²) in [5, 5.41) is 25.0. The number of aromatic amines is 1. The van der Waals surface area contributed by atoms with Crippen LogP contribution in [0.4, 0.5) is 33.6 Å². The first kappa shape index (κ1) is 34.7. The van der Waals surface area contributed by atoms with Crippen molar-refractivity contribution < 1.29 is 46.5 Å². The summed E-state index contributed by atoms with van der Waals surface area (Å²) in [6, 6.07) is 13.3. The Bertz CT molecular complexity index is 2370. The fourth-order valence-electron chi connectivity index (χ4n) is 5.27. The summed E-state index contributed by atoms with van der Waals surface area (Å²) in [6.07, 6.45) is -4.18. The number of carbonyl (C=O) groups excluding carboxylic acids is 2. The normalized spacial score (nSPS) is 11.7. The molecule has 0 saturated carbocycles. The number of aromatic nitrogens is 4. The zero-order valence-corrected chi connectivity index (χ0v) is 26.2. The number of anilines is 2. The largest absolute Gasteiger partial charge is 0.491 e. The van der Waals surface area contributed by atoms with E-state index in [1.54, 1.807) is 19.1 Å². The molecule has 17 heteroatoms. The maximum Gasteiger partial charge on any atom is 0.491 e. The Labute approximate surface area is 283 Å². The van der Waals surface area contributed by atoms with Gasteiger partial charge in [-0.15, -0.1) is 0 Å². The molecule has 0 spiro atoms. The van der Waals surface area contributed by atoms with Crippen LogP contribution in [0.15, 0.2) is 77.7 Å². The molecule has 262 valence electrons. The molecular formula is C34H25F5N6O6. The van der Waals surface area contributed by atoms with E-state index in [0.29, 0.717) is 16.6 Å². The summed E-state index contributed by atoms with van der Waals surface area (Å²) >= 11 is 0. The van der Waals surface area contributed by atoms with Crippen molar-refractivity contribution in [1.82, 2.24) is 19.5 Å². The van der Waals surface area contributed by atoms with Crippen LogP contribution >= 0.6 is 0 Å². The van der Waals surface area contributed by atoms with E-state index in [1.807, 2.05) is 0 Å². The van der Waals surface area contributed by atoms with Gasteiger partial charge in [-0.2, -0.15) is 18.2 Å². The first-order chi connectivity index (χ1) is 24.3. The van der Waals surface area contributed by atoms with Crippen LogP contribution in [0.3, 0.4) is 0 Å². The summed E-state index contributed by atoms with van der Waals surface area (Å²) in [6.45, 7) is 0.624. The number of nitrogens with zero attached hydrogens (tertiary/aromatic N) is 3. The number of fused-ring (bicyclic) bond motifs is 2. The molecule has 1 amide bonds. The van der Waals surface area contributed by atoms with Gasteiger partial charge in [0.1, 0.15) is 17.3 Å². The lowest BCUT2D eigenvalue weighted by molar-refractivity contribution is -0.189. The van der Waals surface area contributed by atoms with Crippen molar-refractivity contribution in [2.45, 2.75) is 19.1 Å². The predicted octanol–water partition coefficient (Wildman–Crippen LogP) is 5.00. The molecule has 0 atom stereocenters. The molecule has 0 aliphatic carbocycles. The number of rotatable bonds is 9. The minimum atomic E-state index is -5.24. The highest BCUT2D eigenvalue weighted by molar-refractivity contribution is 6.07. The molecule has 0 unspecified atom stereocenters. The fourth-order valence-corrected chi connectivity index (χ4v) is 5.27. The van der Waals surface area contributed by atoms with Gasteiger partial charge in [0, 0.05) is 45.4 Å². The Morgan fingerprint density at radius 2 is 1.69 bits per heavy atom. The van der Waals surface area contributed by atoms with Crippen LogP contribution in [0.5, 0.6) is 5.75 Å². The number of amides is 1. The van der Waals surface area contributed by atoms with Crippen LogP contribution in [-0.4, -0.2) is 67.0 Å². The van der Waals surface area contributed by atoms with E-state index in [1.165, 1.54) is 30.3 Å². The van der Waals surface area contributed by atoms with Gasteiger partial charge in [-0.25, -0.2) is 18.6 Å². The molecule has 51 heavy (non-hydrogen) atoms. The molecule has 3 aromatic carbocycles. The van der Waals surface area contributed by atoms with E-state index in [9.17, 15) is 37.8 Å². The zero-order valence-electron chi connectivity index (χ0n) is 26.2. The molecule has 6 rings (SSSR count). The summed E-state index contributed by atoms with van der Waals surface area (Å²) < 4.78 is 73.6. The summed E-state index contributed by atoms with van der Waals surface area (Å²) in [5.74, 6) is -5.86. The van der Waals surface area contributed by atoms with Gasteiger partial charge in [-0.1, -0.05) is 12.1 Å². The smallest absolute Gasteiger partial charge is 0.418 e. The van der Waals surface area contributed by atoms with Gasteiger partial charge in [0.25, 0.3) is 11.5 Å². The number of benzene rings is 3. The number of H-pyrrole nitrogens is 1. The fraction of sp³-hybridized carbons (Fsp3) is 0.147. The van der Waals surface area contributed by atoms with Crippen LogP contribution < -0.4 is 20.9 Å². The number of aliphatic hydroxyl groups is 2. The van der Waals surface area contributed by atoms with Gasteiger partial charge in [0.05, 0.1) is 24.9 Å². The number of pyridine rings is 1. The maximum atomic E-state index is 15.0. The second-order valence-corrected chi connectivity index (χ2v) is 11.2. The van der Waals surface area contributed by atoms with E-state index in [2.05, 4.69) is 30.3 Å². The van der Waals surface area contributed by atoms with Crippen LogP contribution in [0, 0.1) is 18.6 Å². The molecule has 3 heterocycles. The Morgan fingerprint density at radius 1 is 0.961 bits per heavy atom. The lowest BCUT2D eigenvalue weighted by atomic mass is 10.0. The molecule has 0 fully saturated rings. The molecule has 0 bridgehead atoms. The Hall–Kier alpha value is -6.20. The highest BCUT2D eigenvalue weighted by Gasteiger charge is 2.41. The third kappa shape index (κ3) is 6.84. The average Bonchev–Trinajstić information content (AvgIpc) is 3.49. The maximum absolute atomic E-state index is 15.0. The van der Waals surface area contributed by atoms with Crippen molar-refractivity contribution >= 4 is 45.4 Å². The van der Waals surface area contributed by atoms with Crippen molar-refractivity contribution in [3.63, 3.8) is 0 Å². The number of esters is 1. The van der Waals surface area contributed by atoms with Crippen LogP contribution in [-0.2, 0) is 4.79 Å². The average molecular weight is 709 g/mol. The van der Waals surface area contributed by atoms with Crippen molar-refractivity contribution in [3.05, 3.63) is 106 Å². The Morgan fingerprint density at radius 3 is 2.37 bits per heavy atom. The summed E-state index contributed by atoms with van der Waals surface area (Å²) in [5.41, 5.74) is -0.110. The third-order valence-electron chi connectivity index (χ3n) is 7.78. The number of hydrogen-bond acceptors (Lipinski definition) is 9. The molecule has 5 N–H and O–H groups in total. The number of aliphatic hydroxyl groups excluding tert-OH is 2. The van der Waals surface area contributed by atoms with Crippen molar-refractivity contribution in [2.24, 2.45) is 0 Å². The van der Waals surface area contributed by atoms with Gasteiger partial charge < -0.3 is 30.6 Å². The van der Waals surface area contributed by atoms with Crippen LogP contribution in [0.25, 0.3) is 38.9 Å². The van der Waals surface area contributed by atoms with E-state index in [4.69, 9.17) is 0 Å². The van der Waals surface area contributed by atoms with Gasteiger partial charge >= 0.3 is 12.1 Å². The van der Waals surface area contributed by atoms with Crippen LogP contribution in [0.2, 0.25) is 0 Å². The van der Waals surface area contributed by atoms with Gasteiger partial charge in [0.2, 0.25) is 5.95 Å². The van der Waals surface area contributed by atoms with Crippen molar-refractivity contribution in [3.8, 4) is 22.7 Å². The molecular weight excluding hydrogens is 683 g/mol. The molecule has 0 aliphatic rings. The van der Waals surface area contributed by atoms with Crippen molar-refractivity contribution in [1.29, 1.82) is 0 Å². The molecule has 0 saturated heterocycles. The van der Waals surface area contributed by atoms with E-state index in [-0.39, 0.29) is 39.3 Å². The summed E-state index contributed by atoms with van der Waals surface area (Å²) in [7, 11) is 0. The third-order valence-corrected chi connectivity index (χ3v) is 7.78. The van der Waals surface area contributed by atoms with Gasteiger partial charge in [0.15, 0.2) is 11.4 Å². The molecule has 12 nitrogen and oxygen atoms in total. The molecule has 0 aliphatic heterocycles. The summed E-state index contributed by atoms with van der Waals surface area (Å²) in [4.78, 5) is 49.5. The van der Waals surface area contributed by atoms with E-state index in [0.717, 1.165) is 35.0 Å². The van der Waals surface area contributed by atoms with E-state index >= 15 is 8.78 Å². The minimum absolute atomic E-state index is 0.00230. The second kappa shape index (κ2) is 13.6. The van der Waals surface area contributed by atoms with E-state index < -0.39 is 65.9 Å². The van der Waals surface area contributed by atoms with Crippen molar-refractivity contribution in [2.75, 3.05) is 23.8 Å². The highest BCUT2D eigenvalue weighted by Crippen LogP contribution is 2.34. The topological polar surface area (TPSA) is 171 Å². The monoisotopic (exact) mass is 708 g/mol. The Balaban J connectivity index is 1.44. The number of alkyl halides is 3. The molecule has 0 radical (unpaired) electrons. The predicted molar refractivity (Wildman–Crippen MR) is 175 cm³/mol. The molecule has 6 aromatic rings. The first-order valence-corrected chi connectivity index (χ1v) is 15.0. The number of halogens is 5. The number of ether oxygens (including phenoxy) is 1. The van der Waals surface area contributed by atoms with Crippen LogP contribution in [0.1, 0.15) is 15.9 Å². The zero-order chi connectivity index (χ0) is 36.6. The van der Waals surface area contributed by atoms with Gasteiger partial charge in [-0.3, -0.25) is 14.2 Å². The SMILES string of the molecule is Cc1ccc(NC(=O)c2ccc3[nH]cc(OC(=O)C(F)(F)F)c3c2)cc1-c1nc(NC(CO)CO)nc2c1ccc(=O)n2-c1c(F)cccc1F. The molecule has 3 aromatic heterocycles. The lowest BCUT2D eigenvalue weighted by Gasteiger charge is -2.18. The Kier molecular flexibility index (Phi) is 9.24.